The van der Waals surface area contributed by atoms with E-state index < -0.39 is 0 Å². The number of anilines is 1. The van der Waals surface area contributed by atoms with E-state index in [0.717, 1.165) is 22.7 Å². The van der Waals surface area contributed by atoms with Crippen molar-refractivity contribution in [3.63, 3.8) is 0 Å². The number of benzene rings is 2. The van der Waals surface area contributed by atoms with Gasteiger partial charge in [-0.15, -0.1) is 0 Å². The third-order valence-electron chi connectivity index (χ3n) is 4.65. The van der Waals surface area contributed by atoms with Crippen LogP contribution in [-0.2, 0) is 11.3 Å². The number of carbonyl (C=O) groups excluding carboxylic acids is 1. The summed E-state index contributed by atoms with van der Waals surface area (Å²) in [4.78, 5) is 30.1. The van der Waals surface area contributed by atoms with E-state index in [2.05, 4.69) is 9.69 Å². The first-order chi connectivity index (χ1) is 15.0. The molecule has 158 valence electrons. The Hall–Kier alpha value is -2.68. The molecule has 0 aliphatic carbocycles. The van der Waals surface area contributed by atoms with E-state index in [-0.39, 0.29) is 17.2 Å². The van der Waals surface area contributed by atoms with Crippen LogP contribution in [0.4, 0.5) is 5.69 Å². The zero-order valence-corrected chi connectivity index (χ0v) is 19.3. The maximum Gasteiger partial charge on any atom is 0.273 e. The van der Waals surface area contributed by atoms with Crippen LogP contribution in [0, 0.1) is 6.92 Å². The highest BCUT2D eigenvalue weighted by atomic mass is 35.5. The molecule has 9 heteroatoms. The van der Waals surface area contributed by atoms with Crippen molar-refractivity contribution in [1.29, 1.82) is 0 Å². The summed E-state index contributed by atoms with van der Waals surface area (Å²) >= 11 is 8.27. The molecule has 31 heavy (non-hydrogen) atoms. The minimum atomic E-state index is -0.188. The molecule has 2 aromatic heterocycles. The summed E-state index contributed by atoms with van der Waals surface area (Å²) in [5.41, 5.74) is 3.85. The van der Waals surface area contributed by atoms with E-state index in [9.17, 15) is 9.59 Å². The second-order valence-corrected chi connectivity index (χ2v) is 9.01. The van der Waals surface area contributed by atoms with Crippen molar-refractivity contribution in [2.75, 3.05) is 11.1 Å². The maximum absolute atomic E-state index is 13.0. The van der Waals surface area contributed by atoms with Crippen LogP contribution in [0.15, 0.2) is 58.5 Å². The molecule has 6 nitrogen and oxygen atoms in total. The third-order valence-corrected chi connectivity index (χ3v) is 6.70. The lowest BCUT2D eigenvalue weighted by Gasteiger charge is -2.10. The van der Waals surface area contributed by atoms with Gasteiger partial charge in [0.2, 0.25) is 5.91 Å². The Balaban J connectivity index is 1.62. The number of nitrogens with one attached hydrogen (secondary N) is 1. The number of aryl methyl sites for hydroxylation is 1. The van der Waals surface area contributed by atoms with Crippen LogP contribution in [0.5, 0.6) is 0 Å². The minimum absolute atomic E-state index is 0.123. The number of halogens is 1. The van der Waals surface area contributed by atoms with Gasteiger partial charge >= 0.3 is 0 Å². The average Bonchev–Trinajstić information content (AvgIpc) is 3.19. The van der Waals surface area contributed by atoms with Crippen LogP contribution in [0.2, 0.25) is 5.02 Å². The summed E-state index contributed by atoms with van der Waals surface area (Å²) in [5.74, 6) is -0.0654. The van der Waals surface area contributed by atoms with Gasteiger partial charge in [0.15, 0.2) is 5.16 Å². The predicted molar refractivity (Wildman–Crippen MR) is 128 cm³/mol. The van der Waals surface area contributed by atoms with Gasteiger partial charge in [0.1, 0.15) is 15.9 Å². The topological polar surface area (TPSA) is 76.9 Å². The molecule has 0 unspecified atom stereocenters. The van der Waals surface area contributed by atoms with E-state index in [1.807, 2.05) is 38.1 Å². The molecule has 0 aliphatic rings. The van der Waals surface area contributed by atoms with Crippen LogP contribution < -0.4 is 10.9 Å². The summed E-state index contributed by atoms with van der Waals surface area (Å²) in [6, 6.07) is 14.9. The first-order valence-corrected chi connectivity index (χ1v) is 11.8. The standard InChI is InChI=1S/C22H19ClN4O2S2/c1-3-27-21(29)20-19(18(26-31-20)14-6-4-13(2)5-7-14)25-22(27)30-12-17(28)24-16-10-8-15(23)9-11-16/h4-11H,3,12H2,1-2H3,(H,24,28). The number of rotatable bonds is 6. The van der Waals surface area contributed by atoms with Crippen LogP contribution in [0.1, 0.15) is 12.5 Å². The lowest BCUT2D eigenvalue weighted by Crippen LogP contribution is -2.22. The molecule has 0 aliphatic heterocycles. The fraction of sp³-hybridized carbons (Fsp3) is 0.182. The van der Waals surface area contributed by atoms with E-state index in [4.69, 9.17) is 16.6 Å². The van der Waals surface area contributed by atoms with E-state index >= 15 is 0 Å². The number of thioether (sulfide) groups is 1. The minimum Gasteiger partial charge on any atom is -0.325 e. The molecule has 4 aromatic rings. The number of hydrogen-bond acceptors (Lipinski definition) is 6. The van der Waals surface area contributed by atoms with Gasteiger partial charge in [-0.3, -0.25) is 14.2 Å². The predicted octanol–water partition coefficient (Wildman–Crippen LogP) is 5.23. The van der Waals surface area contributed by atoms with Crippen LogP contribution >= 0.6 is 34.9 Å². The Kier molecular flexibility index (Phi) is 6.41. The molecule has 0 bridgehead atoms. The molecule has 2 aromatic carbocycles. The quantitative estimate of drug-likeness (QED) is 0.308. The van der Waals surface area contributed by atoms with Crippen molar-refractivity contribution in [3.05, 3.63) is 69.5 Å². The molecule has 1 amide bonds. The molecule has 0 saturated heterocycles. The van der Waals surface area contributed by atoms with Gasteiger partial charge < -0.3 is 5.32 Å². The average molecular weight is 471 g/mol. The van der Waals surface area contributed by atoms with Gasteiger partial charge in [0.05, 0.1) is 5.75 Å². The summed E-state index contributed by atoms with van der Waals surface area (Å²) in [6.45, 7) is 4.36. The van der Waals surface area contributed by atoms with Crippen molar-refractivity contribution in [2.45, 2.75) is 25.5 Å². The molecule has 0 saturated carbocycles. The lowest BCUT2D eigenvalue weighted by molar-refractivity contribution is -0.113. The van der Waals surface area contributed by atoms with Gasteiger partial charge in [-0.1, -0.05) is 53.2 Å². The van der Waals surface area contributed by atoms with Gasteiger partial charge in [-0.2, -0.15) is 4.37 Å². The Morgan fingerprint density at radius 2 is 1.87 bits per heavy atom. The SMILES string of the molecule is CCn1c(SCC(=O)Nc2ccc(Cl)cc2)nc2c(-c3ccc(C)cc3)nsc2c1=O. The Morgan fingerprint density at radius 3 is 2.55 bits per heavy atom. The third kappa shape index (κ3) is 4.66. The Bertz CT molecular complexity index is 1300. The van der Waals surface area contributed by atoms with Crippen molar-refractivity contribution in [1.82, 2.24) is 13.9 Å². The summed E-state index contributed by atoms with van der Waals surface area (Å²) in [7, 11) is 0. The van der Waals surface area contributed by atoms with Gasteiger partial charge in [0.25, 0.3) is 5.56 Å². The maximum atomic E-state index is 13.0. The molecule has 2 heterocycles. The first-order valence-electron chi connectivity index (χ1n) is 9.61. The highest BCUT2D eigenvalue weighted by Crippen LogP contribution is 2.29. The highest BCUT2D eigenvalue weighted by Gasteiger charge is 2.18. The van der Waals surface area contributed by atoms with Crippen LogP contribution in [-0.4, -0.2) is 25.6 Å². The van der Waals surface area contributed by atoms with Crippen molar-refractivity contribution in [3.8, 4) is 11.3 Å². The fourth-order valence-corrected chi connectivity index (χ4v) is 4.82. The first kappa shape index (κ1) is 21.5. The van der Waals surface area contributed by atoms with Gasteiger partial charge in [-0.05, 0) is 49.6 Å². The summed E-state index contributed by atoms with van der Waals surface area (Å²) in [6.07, 6.45) is 0. The number of amides is 1. The molecule has 0 atom stereocenters. The van der Waals surface area contributed by atoms with E-state index in [1.54, 1.807) is 28.8 Å². The lowest BCUT2D eigenvalue weighted by atomic mass is 10.1. The highest BCUT2D eigenvalue weighted by molar-refractivity contribution is 7.99. The van der Waals surface area contributed by atoms with Gasteiger partial charge in [-0.25, -0.2) is 4.98 Å². The molecule has 0 spiro atoms. The van der Waals surface area contributed by atoms with Crippen molar-refractivity contribution >= 4 is 56.7 Å². The van der Waals surface area contributed by atoms with Crippen LogP contribution in [0.3, 0.4) is 0 Å². The molecule has 4 rings (SSSR count). The van der Waals surface area contributed by atoms with E-state index in [1.165, 1.54) is 11.8 Å². The number of carbonyl (C=O) groups is 1. The normalized spacial score (nSPS) is 11.1. The largest absolute Gasteiger partial charge is 0.325 e. The summed E-state index contributed by atoms with van der Waals surface area (Å²) < 4.78 is 6.60. The molecular formula is C22H19ClN4O2S2. The Morgan fingerprint density at radius 1 is 1.16 bits per heavy atom. The zero-order valence-electron chi connectivity index (χ0n) is 16.9. The summed E-state index contributed by atoms with van der Waals surface area (Å²) in [5, 5.41) is 3.92. The molecule has 0 radical (unpaired) electrons. The van der Waals surface area contributed by atoms with Crippen molar-refractivity contribution in [2.24, 2.45) is 0 Å². The Labute approximate surface area is 192 Å². The van der Waals surface area contributed by atoms with Crippen LogP contribution in [0.25, 0.3) is 21.5 Å². The number of fused-ring (bicyclic) bond motifs is 1. The second-order valence-electron chi connectivity index (χ2n) is 6.86. The molecule has 0 fully saturated rings. The van der Waals surface area contributed by atoms with Gasteiger partial charge in [0, 0.05) is 22.8 Å². The van der Waals surface area contributed by atoms with Crippen molar-refractivity contribution < 1.29 is 4.79 Å². The monoisotopic (exact) mass is 470 g/mol. The number of nitrogens with zero attached hydrogens (tertiary/aromatic N) is 3. The fourth-order valence-electron chi connectivity index (χ4n) is 3.05. The smallest absolute Gasteiger partial charge is 0.273 e. The molecule has 1 N–H and O–H groups in total. The van der Waals surface area contributed by atoms with E-state index in [0.29, 0.717) is 38.3 Å². The zero-order chi connectivity index (χ0) is 22.0. The number of aromatic nitrogens is 3. The number of hydrogen-bond donors (Lipinski definition) is 1. The second kappa shape index (κ2) is 9.21. The molecular weight excluding hydrogens is 452 g/mol.